The number of piperazine rings is 1. The molecule has 0 saturated carbocycles. The lowest BCUT2D eigenvalue weighted by Gasteiger charge is -2.41. The molecule has 5 heteroatoms. The molecule has 1 aliphatic rings. The van der Waals surface area contributed by atoms with Gasteiger partial charge in [0.1, 0.15) is 0 Å². The second-order valence-corrected chi connectivity index (χ2v) is 5.56. The number of rotatable bonds is 2. The van der Waals surface area contributed by atoms with Crippen molar-refractivity contribution in [2.24, 2.45) is 0 Å². The second-order valence-electron chi connectivity index (χ2n) is 5.15. The van der Waals surface area contributed by atoms with Crippen LogP contribution in [0.2, 0.25) is 5.02 Å². The molecule has 1 N–H and O–H groups in total. The molecule has 0 aliphatic carbocycles. The first kappa shape index (κ1) is 13.9. The Hall–Kier alpha value is -1.57. The van der Waals surface area contributed by atoms with E-state index in [0.29, 0.717) is 23.7 Å². The van der Waals surface area contributed by atoms with Crippen LogP contribution in [0, 0.1) is 11.3 Å². The molecule has 4 nitrogen and oxygen atoms in total. The number of carbonyl (C=O) groups is 1. The van der Waals surface area contributed by atoms with Crippen molar-refractivity contribution < 1.29 is 4.79 Å². The first-order chi connectivity index (χ1) is 8.95. The summed E-state index contributed by atoms with van der Waals surface area (Å²) in [7, 11) is 0. The molecule has 19 heavy (non-hydrogen) atoms. The van der Waals surface area contributed by atoms with Gasteiger partial charge in [-0.05, 0) is 31.5 Å². The van der Waals surface area contributed by atoms with Crippen LogP contribution in [0.25, 0.3) is 0 Å². The maximum Gasteiger partial charge on any atom is 0.240 e. The summed E-state index contributed by atoms with van der Waals surface area (Å²) in [5.41, 5.74) is 0.933. The van der Waals surface area contributed by atoms with Crippen molar-refractivity contribution in [1.82, 2.24) is 10.2 Å². The molecule has 0 spiro atoms. The summed E-state index contributed by atoms with van der Waals surface area (Å²) in [4.78, 5) is 14.0. The Balaban J connectivity index is 2.21. The molecular weight excluding hydrogens is 262 g/mol. The van der Waals surface area contributed by atoms with Crippen LogP contribution in [0.4, 0.5) is 0 Å². The molecule has 0 aromatic heterocycles. The summed E-state index contributed by atoms with van der Waals surface area (Å²) in [5.74, 6) is 0.0310. The smallest absolute Gasteiger partial charge is 0.240 e. The van der Waals surface area contributed by atoms with Crippen molar-refractivity contribution in [2.45, 2.75) is 25.9 Å². The van der Waals surface area contributed by atoms with Gasteiger partial charge in [0.2, 0.25) is 5.91 Å². The first-order valence-corrected chi connectivity index (χ1v) is 6.55. The lowest BCUT2D eigenvalue weighted by atomic mass is 9.98. The number of nitrogens with zero attached hydrogens (tertiary/aromatic N) is 2. The fourth-order valence-electron chi connectivity index (χ4n) is 2.17. The summed E-state index contributed by atoms with van der Waals surface area (Å²) >= 11 is 6.18. The minimum atomic E-state index is -0.546. The third-order valence-corrected chi connectivity index (χ3v) is 3.91. The highest BCUT2D eigenvalue weighted by Crippen LogP contribution is 2.24. The average Bonchev–Trinajstić information content (AvgIpc) is 2.37. The zero-order valence-electron chi connectivity index (χ0n) is 11.0. The van der Waals surface area contributed by atoms with Crippen molar-refractivity contribution in [3.8, 4) is 6.07 Å². The van der Waals surface area contributed by atoms with Crippen LogP contribution < -0.4 is 5.32 Å². The van der Waals surface area contributed by atoms with Crippen LogP contribution in [0.1, 0.15) is 25.0 Å². The van der Waals surface area contributed by atoms with Crippen LogP contribution in [-0.2, 0) is 11.3 Å². The fourth-order valence-corrected chi connectivity index (χ4v) is 2.41. The van der Waals surface area contributed by atoms with E-state index in [4.69, 9.17) is 16.9 Å². The quantitative estimate of drug-likeness (QED) is 0.899. The maximum atomic E-state index is 11.9. The molecule has 1 saturated heterocycles. The summed E-state index contributed by atoms with van der Waals surface area (Å²) in [5, 5.41) is 12.3. The molecule has 1 aliphatic heterocycles. The monoisotopic (exact) mass is 277 g/mol. The van der Waals surface area contributed by atoms with Gasteiger partial charge in [0, 0.05) is 24.7 Å². The number of amides is 1. The van der Waals surface area contributed by atoms with E-state index >= 15 is 0 Å². The molecule has 1 fully saturated rings. The van der Waals surface area contributed by atoms with E-state index in [2.05, 4.69) is 16.3 Å². The minimum Gasteiger partial charge on any atom is -0.353 e. The topological polar surface area (TPSA) is 56.1 Å². The van der Waals surface area contributed by atoms with Crippen molar-refractivity contribution in [2.75, 3.05) is 13.1 Å². The van der Waals surface area contributed by atoms with Crippen molar-refractivity contribution in [3.05, 3.63) is 34.3 Å². The van der Waals surface area contributed by atoms with Gasteiger partial charge in [-0.15, -0.1) is 0 Å². The summed E-state index contributed by atoms with van der Waals surface area (Å²) in [6.07, 6.45) is 0. The zero-order chi connectivity index (χ0) is 14.0. The summed E-state index contributed by atoms with van der Waals surface area (Å²) in [6.45, 7) is 5.84. The highest BCUT2D eigenvalue weighted by atomic mass is 35.5. The standard InChI is InChI=1S/C14H16ClN3O/c1-14(2)13(19)17-5-6-18(14)9-11-4-3-10(8-16)7-12(11)15/h3-4,7H,5-6,9H2,1-2H3,(H,17,19). The normalized spacial score (nSPS) is 18.7. The molecule has 1 amide bonds. The summed E-state index contributed by atoms with van der Waals surface area (Å²) < 4.78 is 0. The number of carbonyl (C=O) groups excluding carboxylic acids is 1. The molecule has 0 unspecified atom stereocenters. The third-order valence-electron chi connectivity index (χ3n) is 3.56. The number of nitriles is 1. The Morgan fingerprint density at radius 2 is 2.26 bits per heavy atom. The Morgan fingerprint density at radius 3 is 2.89 bits per heavy atom. The Morgan fingerprint density at radius 1 is 1.53 bits per heavy atom. The molecule has 0 bridgehead atoms. The Bertz CT molecular complexity index is 548. The van der Waals surface area contributed by atoms with Crippen LogP contribution in [-0.4, -0.2) is 29.4 Å². The first-order valence-electron chi connectivity index (χ1n) is 6.17. The lowest BCUT2D eigenvalue weighted by molar-refractivity contribution is -0.135. The van der Waals surface area contributed by atoms with Gasteiger partial charge in [0.05, 0.1) is 17.2 Å². The van der Waals surface area contributed by atoms with Crippen molar-refractivity contribution in [3.63, 3.8) is 0 Å². The number of hydrogen-bond donors (Lipinski definition) is 1. The van der Waals surface area contributed by atoms with Gasteiger partial charge in [-0.3, -0.25) is 9.69 Å². The van der Waals surface area contributed by atoms with Crippen LogP contribution >= 0.6 is 11.6 Å². The van der Waals surface area contributed by atoms with Crippen molar-refractivity contribution in [1.29, 1.82) is 5.26 Å². The molecule has 1 aromatic carbocycles. The van der Waals surface area contributed by atoms with E-state index in [1.54, 1.807) is 12.1 Å². The van der Waals surface area contributed by atoms with E-state index in [1.807, 2.05) is 19.9 Å². The molecule has 1 aromatic rings. The Labute approximate surface area is 118 Å². The van der Waals surface area contributed by atoms with Crippen LogP contribution in [0.3, 0.4) is 0 Å². The van der Waals surface area contributed by atoms with Gasteiger partial charge in [0.25, 0.3) is 0 Å². The van der Waals surface area contributed by atoms with Crippen LogP contribution in [0.15, 0.2) is 18.2 Å². The van der Waals surface area contributed by atoms with E-state index in [1.165, 1.54) is 0 Å². The second kappa shape index (κ2) is 5.20. The average molecular weight is 278 g/mol. The van der Waals surface area contributed by atoms with Gasteiger partial charge < -0.3 is 5.32 Å². The van der Waals surface area contributed by atoms with Gasteiger partial charge in [-0.2, -0.15) is 5.26 Å². The molecular formula is C14H16ClN3O. The lowest BCUT2D eigenvalue weighted by Crippen LogP contribution is -2.61. The minimum absolute atomic E-state index is 0.0310. The van der Waals surface area contributed by atoms with Crippen LogP contribution in [0.5, 0.6) is 0 Å². The van der Waals surface area contributed by atoms with Gasteiger partial charge in [0.15, 0.2) is 0 Å². The van der Waals surface area contributed by atoms with E-state index in [9.17, 15) is 4.79 Å². The SMILES string of the molecule is CC1(C)C(=O)NCCN1Cc1ccc(C#N)cc1Cl. The van der Waals surface area contributed by atoms with Crippen molar-refractivity contribution >= 4 is 17.5 Å². The van der Waals surface area contributed by atoms with E-state index in [0.717, 1.165) is 12.1 Å². The largest absolute Gasteiger partial charge is 0.353 e. The van der Waals surface area contributed by atoms with Gasteiger partial charge >= 0.3 is 0 Å². The molecule has 2 rings (SSSR count). The highest BCUT2D eigenvalue weighted by Gasteiger charge is 2.37. The Kier molecular flexibility index (Phi) is 3.79. The molecule has 1 heterocycles. The number of benzene rings is 1. The zero-order valence-corrected chi connectivity index (χ0v) is 11.8. The molecule has 100 valence electrons. The molecule has 0 atom stereocenters. The maximum absolute atomic E-state index is 11.9. The third kappa shape index (κ3) is 2.73. The number of halogens is 1. The van der Waals surface area contributed by atoms with E-state index in [-0.39, 0.29) is 5.91 Å². The summed E-state index contributed by atoms with van der Waals surface area (Å²) in [6, 6.07) is 7.32. The van der Waals surface area contributed by atoms with Gasteiger partial charge in [-0.1, -0.05) is 17.7 Å². The molecule has 0 radical (unpaired) electrons. The predicted molar refractivity (Wildman–Crippen MR) is 73.7 cm³/mol. The number of nitrogens with one attached hydrogen (secondary N) is 1. The van der Waals surface area contributed by atoms with Gasteiger partial charge in [-0.25, -0.2) is 0 Å². The predicted octanol–water partition coefficient (Wildman–Crippen LogP) is 1.92. The fraction of sp³-hybridized carbons (Fsp3) is 0.429. The number of hydrogen-bond acceptors (Lipinski definition) is 3. The highest BCUT2D eigenvalue weighted by molar-refractivity contribution is 6.31. The van der Waals surface area contributed by atoms with E-state index < -0.39 is 5.54 Å².